The fraction of sp³-hybridized carbons (Fsp3) is 0.273. The molecule has 1 aromatic heterocycles. The molecule has 1 aliphatic carbocycles. The van der Waals surface area contributed by atoms with Crippen LogP contribution in [0.5, 0.6) is 11.5 Å². The van der Waals surface area contributed by atoms with Crippen LogP contribution >= 0.6 is 11.3 Å². The molecule has 164 valence electrons. The highest BCUT2D eigenvalue weighted by atomic mass is 32.1. The Kier molecular flexibility index (Phi) is 5.59. The lowest BCUT2D eigenvalue weighted by Gasteiger charge is -2.39. The normalized spacial score (nSPS) is 18.3. The molecular formula is C22H20N4O5S. The van der Waals surface area contributed by atoms with E-state index < -0.39 is 10.8 Å². The van der Waals surface area contributed by atoms with Gasteiger partial charge in [0.2, 0.25) is 0 Å². The Labute approximate surface area is 188 Å². The smallest absolute Gasteiger partial charge is 0.324 e. The maximum Gasteiger partial charge on any atom is 0.324 e. The molecule has 2 heterocycles. The number of ether oxygens (including phenoxy) is 2. The summed E-state index contributed by atoms with van der Waals surface area (Å²) in [6.45, 7) is 0. The third-order valence-corrected chi connectivity index (χ3v) is 6.72. The van der Waals surface area contributed by atoms with Gasteiger partial charge in [-0.3, -0.25) is 19.8 Å². The van der Waals surface area contributed by atoms with Gasteiger partial charge in [0.1, 0.15) is 17.3 Å². The first-order chi connectivity index (χ1) is 15.4. The van der Waals surface area contributed by atoms with Crippen molar-refractivity contribution < 1.29 is 19.2 Å². The summed E-state index contributed by atoms with van der Waals surface area (Å²) in [5.41, 5.74) is 8.42. The number of nitriles is 1. The van der Waals surface area contributed by atoms with Crippen LogP contribution in [-0.4, -0.2) is 24.9 Å². The summed E-state index contributed by atoms with van der Waals surface area (Å²) >= 11 is 0.950. The van der Waals surface area contributed by atoms with Gasteiger partial charge in [-0.2, -0.15) is 5.26 Å². The van der Waals surface area contributed by atoms with E-state index in [1.807, 2.05) is 0 Å². The fourth-order valence-corrected chi connectivity index (χ4v) is 5.15. The number of hydrogen-bond acceptors (Lipinski definition) is 9. The number of carbonyl (C=O) groups excluding carboxylic acids is 1. The lowest BCUT2D eigenvalue weighted by molar-refractivity contribution is -0.380. The maximum absolute atomic E-state index is 13.1. The topological polar surface area (TPSA) is 132 Å². The molecule has 4 rings (SSSR count). The van der Waals surface area contributed by atoms with E-state index in [9.17, 15) is 20.2 Å². The predicted molar refractivity (Wildman–Crippen MR) is 118 cm³/mol. The Morgan fingerprint density at radius 3 is 2.66 bits per heavy atom. The average molecular weight is 452 g/mol. The number of thiophene rings is 1. The van der Waals surface area contributed by atoms with Crippen molar-refractivity contribution in [3.8, 4) is 17.6 Å². The Balaban J connectivity index is 1.95. The van der Waals surface area contributed by atoms with Crippen molar-refractivity contribution in [3.63, 3.8) is 0 Å². The quantitative estimate of drug-likeness (QED) is 0.532. The van der Waals surface area contributed by atoms with E-state index in [1.165, 1.54) is 13.2 Å². The number of carbonyl (C=O) groups is 1. The molecule has 1 aliphatic heterocycles. The van der Waals surface area contributed by atoms with Gasteiger partial charge < -0.3 is 15.2 Å². The second kappa shape index (κ2) is 8.36. The van der Waals surface area contributed by atoms with Gasteiger partial charge in [0, 0.05) is 34.7 Å². The number of Topliss-reactive ketones (excluding diaryl/α,β-unsaturated/α-hetero) is 1. The van der Waals surface area contributed by atoms with Gasteiger partial charge in [0.15, 0.2) is 5.78 Å². The summed E-state index contributed by atoms with van der Waals surface area (Å²) in [4.78, 5) is 26.1. The molecule has 1 atom stereocenters. The molecule has 0 saturated heterocycles. The maximum atomic E-state index is 13.1. The zero-order chi connectivity index (χ0) is 23.0. The summed E-state index contributed by atoms with van der Waals surface area (Å²) in [5.74, 6) is 0.403. The Bertz CT molecular complexity index is 1220. The first-order valence-electron chi connectivity index (χ1n) is 9.83. The van der Waals surface area contributed by atoms with E-state index in [0.717, 1.165) is 11.3 Å². The molecule has 10 heteroatoms. The number of anilines is 1. The van der Waals surface area contributed by atoms with Gasteiger partial charge in [-0.1, -0.05) is 11.3 Å². The van der Waals surface area contributed by atoms with Crippen molar-refractivity contribution in [2.24, 2.45) is 5.73 Å². The van der Waals surface area contributed by atoms with Crippen LogP contribution < -0.4 is 20.1 Å². The molecule has 2 aromatic rings. The minimum atomic E-state index is -0.734. The number of methoxy groups -OCH3 is 2. The van der Waals surface area contributed by atoms with Crippen LogP contribution in [0, 0.1) is 21.4 Å². The van der Waals surface area contributed by atoms with Crippen molar-refractivity contribution in [1.82, 2.24) is 0 Å². The summed E-state index contributed by atoms with van der Waals surface area (Å²) in [7, 11) is 3.06. The third kappa shape index (κ3) is 3.36. The van der Waals surface area contributed by atoms with E-state index in [-0.39, 0.29) is 22.2 Å². The van der Waals surface area contributed by atoms with Crippen LogP contribution in [0.15, 0.2) is 53.0 Å². The number of nitrogens with two attached hydrogens (primary N) is 1. The van der Waals surface area contributed by atoms with E-state index in [2.05, 4.69) is 6.07 Å². The van der Waals surface area contributed by atoms with Crippen LogP contribution in [0.2, 0.25) is 0 Å². The zero-order valence-electron chi connectivity index (χ0n) is 17.5. The number of nitro groups is 1. The molecule has 0 bridgehead atoms. The summed E-state index contributed by atoms with van der Waals surface area (Å²) in [5, 5.41) is 21.2. The first-order valence-corrected chi connectivity index (χ1v) is 10.6. The highest BCUT2D eigenvalue weighted by molar-refractivity contribution is 7.15. The molecule has 1 aromatic carbocycles. The number of rotatable bonds is 5. The van der Waals surface area contributed by atoms with Gasteiger partial charge in [0.25, 0.3) is 0 Å². The van der Waals surface area contributed by atoms with Crippen molar-refractivity contribution in [1.29, 1.82) is 5.26 Å². The minimum Gasteiger partial charge on any atom is -0.497 e. The molecule has 0 amide bonds. The molecule has 0 fully saturated rings. The summed E-state index contributed by atoms with van der Waals surface area (Å²) < 4.78 is 10.8. The van der Waals surface area contributed by atoms with E-state index in [0.29, 0.717) is 52.6 Å². The molecular weight excluding hydrogens is 432 g/mol. The predicted octanol–water partition coefficient (Wildman–Crippen LogP) is 3.98. The number of hydrogen-bond donors (Lipinski definition) is 1. The molecule has 0 radical (unpaired) electrons. The first kappa shape index (κ1) is 21.4. The van der Waals surface area contributed by atoms with Gasteiger partial charge in [0.05, 0.1) is 42.4 Å². The molecule has 0 unspecified atom stereocenters. The minimum absolute atomic E-state index is 0.0551. The number of ketones is 1. The van der Waals surface area contributed by atoms with E-state index >= 15 is 0 Å². The van der Waals surface area contributed by atoms with Crippen LogP contribution in [-0.2, 0) is 4.79 Å². The van der Waals surface area contributed by atoms with Gasteiger partial charge in [-0.25, -0.2) is 0 Å². The molecule has 0 spiro atoms. The van der Waals surface area contributed by atoms with Crippen molar-refractivity contribution in [3.05, 3.63) is 68.0 Å². The lowest BCUT2D eigenvalue weighted by Crippen LogP contribution is -2.38. The highest BCUT2D eigenvalue weighted by Crippen LogP contribution is 2.50. The van der Waals surface area contributed by atoms with Crippen LogP contribution in [0.25, 0.3) is 0 Å². The molecule has 2 aliphatic rings. The van der Waals surface area contributed by atoms with Crippen molar-refractivity contribution in [2.75, 3.05) is 19.1 Å². The van der Waals surface area contributed by atoms with Crippen LogP contribution in [0.4, 0.5) is 10.7 Å². The number of allylic oxidation sites excluding steroid dienone is 3. The zero-order valence-corrected chi connectivity index (χ0v) is 18.3. The molecule has 32 heavy (non-hydrogen) atoms. The number of nitrogens with zero attached hydrogens (tertiary/aromatic N) is 3. The SMILES string of the molecule is COc1ccc(N2C(N)=C(C#N)[C@H](c3ccc([N+](=O)[O-])s3)C3=C2CCCC3=O)c(OC)c1. The monoisotopic (exact) mass is 452 g/mol. The van der Waals surface area contributed by atoms with Crippen LogP contribution in [0.1, 0.15) is 30.1 Å². The van der Waals surface area contributed by atoms with Gasteiger partial charge >= 0.3 is 5.00 Å². The highest BCUT2D eigenvalue weighted by Gasteiger charge is 2.42. The second-order valence-electron chi connectivity index (χ2n) is 7.29. The molecule has 2 N–H and O–H groups in total. The number of benzene rings is 1. The van der Waals surface area contributed by atoms with Crippen molar-refractivity contribution in [2.45, 2.75) is 25.2 Å². The van der Waals surface area contributed by atoms with E-state index in [4.69, 9.17) is 15.2 Å². The molecule has 9 nitrogen and oxygen atoms in total. The third-order valence-electron chi connectivity index (χ3n) is 5.62. The fourth-order valence-electron chi connectivity index (χ4n) is 4.21. The summed E-state index contributed by atoms with van der Waals surface area (Å²) in [6.07, 6.45) is 1.55. The molecule has 0 saturated carbocycles. The lowest BCUT2D eigenvalue weighted by atomic mass is 9.78. The Morgan fingerprint density at radius 1 is 1.25 bits per heavy atom. The largest absolute Gasteiger partial charge is 0.497 e. The Hall–Kier alpha value is -3.84. The van der Waals surface area contributed by atoms with Crippen molar-refractivity contribution >= 4 is 27.8 Å². The summed E-state index contributed by atoms with van der Waals surface area (Å²) in [6, 6.07) is 10.3. The standard InChI is InChI=1S/C22H20N4O5S/c1-30-12-6-7-14(17(10-12)31-2)25-15-4-3-5-16(27)21(15)20(13(11-23)22(25)24)18-8-9-19(32-18)26(28)29/h6-10,20H,3-5,24H2,1-2H3/t20-/m1/s1. The van der Waals surface area contributed by atoms with E-state index in [1.54, 1.807) is 36.3 Å². The second-order valence-corrected chi connectivity index (χ2v) is 8.38. The van der Waals surface area contributed by atoms with Crippen LogP contribution in [0.3, 0.4) is 0 Å². The Morgan fingerprint density at radius 2 is 2.03 bits per heavy atom. The van der Waals surface area contributed by atoms with Gasteiger partial charge in [-0.05, 0) is 31.0 Å². The van der Waals surface area contributed by atoms with Gasteiger partial charge in [-0.15, -0.1) is 0 Å². The average Bonchev–Trinajstić information content (AvgIpc) is 3.28.